The molecule has 1 unspecified atom stereocenters. The summed E-state index contributed by atoms with van der Waals surface area (Å²) in [6.07, 6.45) is 1.91. The Bertz CT molecular complexity index is 361. The smallest absolute Gasteiger partial charge is 0.0418 e. The van der Waals surface area contributed by atoms with Crippen LogP contribution in [0.1, 0.15) is 25.5 Å². The van der Waals surface area contributed by atoms with Crippen molar-refractivity contribution in [3.05, 3.63) is 40.9 Å². The molecule has 16 heavy (non-hydrogen) atoms. The first-order valence-corrected chi connectivity index (χ1v) is 6.30. The lowest BCUT2D eigenvalue weighted by atomic mass is 10.1. The van der Waals surface area contributed by atoms with Crippen LogP contribution < -0.4 is 10.6 Å². The Morgan fingerprint density at radius 2 is 2.25 bits per heavy atom. The van der Waals surface area contributed by atoms with Gasteiger partial charge >= 0.3 is 0 Å². The summed E-state index contributed by atoms with van der Waals surface area (Å²) in [5, 5.41) is 0. The highest BCUT2D eigenvalue weighted by Crippen LogP contribution is 2.28. The number of nitrogens with two attached hydrogens (primary N) is 1. The highest BCUT2D eigenvalue weighted by molar-refractivity contribution is 9.10. The lowest BCUT2D eigenvalue weighted by molar-refractivity contribution is 0.797. The van der Waals surface area contributed by atoms with Crippen LogP contribution in [0, 0.1) is 0 Å². The first-order chi connectivity index (χ1) is 7.60. The summed E-state index contributed by atoms with van der Waals surface area (Å²) in [7, 11) is 0. The van der Waals surface area contributed by atoms with Crippen LogP contribution in [0.4, 0.5) is 5.69 Å². The summed E-state index contributed by atoms with van der Waals surface area (Å²) in [6, 6.07) is 6.28. The Morgan fingerprint density at radius 1 is 1.56 bits per heavy atom. The fourth-order valence-corrected chi connectivity index (χ4v) is 2.11. The normalized spacial score (nSPS) is 12.2. The predicted octanol–water partition coefficient (Wildman–Crippen LogP) is 3.48. The number of hydrogen-bond acceptors (Lipinski definition) is 2. The highest BCUT2D eigenvalue weighted by atomic mass is 79.9. The van der Waals surface area contributed by atoms with Crippen LogP contribution >= 0.6 is 15.9 Å². The van der Waals surface area contributed by atoms with Gasteiger partial charge < -0.3 is 10.6 Å². The van der Waals surface area contributed by atoms with E-state index in [9.17, 15) is 0 Å². The number of benzene rings is 1. The van der Waals surface area contributed by atoms with Crippen LogP contribution in [-0.2, 0) is 0 Å². The van der Waals surface area contributed by atoms with Gasteiger partial charge in [0, 0.05) is 29.3 Å². The van der Waals surface area contributed by atoms with E-state index in [1.54, 1.807) is 0 Å². The fourth-order valence-electron chi connectivity index (χ4n) is 1.73. The van der Waals surface area contributed by atoms with Gasteiger partial charge in [-0.05, 0) is 37.6 Å². The van der Waals surface area contributed by atoms with Gasteiger partial charge in [-0.3, -0.25) is 0 Å². The molecule has 0 radical (unpaired) electrons. The largest absolute Gasteiger partial charge is 0.368 e. The van der Waals surface area contributed by atoms with E-state index in [1.807, 2.05) is 19.1 Å². The fraction of sp³-hybridized carbons (Fsp3) is 0.385. The third kappa shape index (κ3) is 3.09. The van der Waals surface area contributed by atoms with Gasteiger partial charge in [-0.2, -0.15) is 0 Å². The second kappa shape index (κ2) is 6.06. The van der Waals surface area contributed by atoms with Gasteiger partial charge in [-0.25, -0.2) is 0 Å². The van der Waals surface area contributed by atoms with Crippen molar-refractivity contribution in [3.63, 3.8) is 0 Å². The number of rotatable bonds is 5. The van der Waals surface area contributed by atoms with E-state index in [-0.39, 0.29) is 6.04 Å². The summed E-state index contributed by atoms with van der Waals surface area (Å²) in [6.45, 7) is 9.72. The molecule has 1 aromatic rings. The van der Waals surface area contributed by atoms with Crippen molar-refractivity contribution in [1.29, 1.82) is 0 Å². The Kier molecular flexibility index (Phi) is 5.03. The van der Waals surface area contributed by atoms with Crippen LogP contribution in [0.15, 0.2) is 35.3 Å². The molecule has 2 nitrogen and oxygen atoms in total. The van der Waals surface area contributed by atoms with E-state index in [2.05, 4.69) is 46.5 Å². The second-order valence-corrected chi connectivity index (χ2v) is 4.73. The zero-order valence-electron chi connectivity index (χ0n) is 9.91. The molecule has 2 N–H and O–H groups in total. The van der Waals surface area contributed by atoms with Crippen LogP contribution in [0.5, 0.6) is 0 Å². The number of likely N-dealkylation sites (N-methyl/N-ethyl adjacent to an activating group) is 1. The topological polar surface area (TPSA) is 29.3 Å². The molecule has 1 rings (SSSR count). The van der Waals surface area contributed by atoms with Crippen LogP contribution in [0.25, 0.3) is 0 Å². The maximum Gasteiger partial charge on any atom is 0.0418 e. The molecule has 0 aromatic heterocycles. The maximum absolute atomic E-state index is 6.00. The Morgan fingerprint density at radius 3 is 2.75 bits per heavy atom. The van der Waals surface area contributed by atoms with Gasteiger partial charge in [0.15, 0.2) is 0 Å². The van der Waals surface area contributed by atoms with E-state index in [0.29, 0.717) is 0 Å². The van der Waals surface area contributed by atoms with Gasteiger partial charge in [0.05, 0.1) is 0 Å². The third-order valence-electron chi connectivity index (χ3n) is 2.55. The van der Waals surface area contributed by atoms with E-state index < -0.39 is 0 Å². The van der Waals surface area contributed by atoms with Crippen molar-refractivity contribution in [2.45, 2.75) is 19.9 Å². The average Bonchev–Trinajstić information content (AvgIpc) is 2.26. The number of nitrogens with zero attached hydrogens (tertiary/aromatic N) is 1. The molecule has 0 saturated heterocycles. The average molecular weight is 283 g/mol. The lowest BCUT2D eigenvalue weighted by Gasteiger charge is -2.26. The number of anilines is 1. The van der Waals surface area contributed by atoms with Gasteiger partial charge in [-0.1, -0.05) is 22.0 Å². The molecule has 0 fully saturated rings. The lowest BCUT2D eigenvalue weighted by Crippen LogP contribution is -2.25. The van der Waals surface area contributed by atoms with Crippen molar-refractivity contribution in [3.8, 4) is 0 Å². The molecule has 1 atom stereocenters. The number of hydrogen-bond donors (Lipinski definition) is 1. The molecule has 0 bridgehead atoms. The SMILES string of the molecule is C=CCN(CC)c1ccc(Br)cc1C(C)N. The molecule has 0 aliphatic carbocycles. The molecule has 3 heteroatoms. The zero-order valence-corrected chi connectivity index (χ0v) is 11.5. The van der Waals surface area contributed by atoms with Crippen LogP contribution in [0.2, 0.25) is 0 Å². The second-order valence-electron chi connectivity index (χ2n) is 3.82. The van der Waals surface area contributed by atoms with Crippen molar-refractivity contribution in [1.82, 2.24) is 0 Å². The molecule has 0 amide bonds. The number of halogens is 1. The maximum atomic E-state index is 6.00. The quantitative estimate of drug-likeness (QED) is 0.838. The molecule has 0 aliphatic rings. The van der Waals surface area contributed by atoms with Crippen molar-refractivity contribution < 1.29 is 0 Å². The van der Waals surface area contributed by atoms with Crippen molar-refractivity contribution >= 4 is 21.6 Å². The minimum atomic E-state index is 0.0337. The van der Waals surface area contributed by atoms with Crippen molar-refractivity contribution in [2.75, 3.05) is 18.0 Å². The first-order valence-electron chi connectivity index (χ1n) is 5.51. The van der Waals surface area contributed by atoms with Crippen molar-refractivity contribution in [2.24, 2.45) is 5.73 Å². The van der Waals surface area contributed by atoms with E-state index in [1.165, 1.54) is 5.69 Å². The molecular formula is C13H19BrN2. The van der Waals surface area contributed by atoms with Gasteiger partial charge in [0.2, 0.25) is 0 Å². The third-order valence-corrected chi connectivity index (χ3v) is 3.05. The predicted molar refractivity (Wildman–Crippen MR) is 74.8 cm³/mol. The summed E-state index contributed by atoms with van der Waals surface area (Å²) in [5.74, 6) is 0. The van der Waals surface area contributed by atoms with Gasteiger partial charge in [0.1, 0.15) is 0 Å². The zero-order chi connectivity index (χ0) is 12.1. The van der Waals surface area contributed by atoms with Crippen LogP contribution in [0.3, 0.4) is 0 Å². The Hall–Kier alpha value is -0.800. The first kappa shape index (κ1) is 13.3. The summed E-state index contributed by atoms with van der Waals surface area (Å²) in [5.41, 5.74) is 8.36. The molecular weight excluding hydrogens is 264 g/mol. The minimum Gasteiger partial charge on any atom is -0.368 e. The standard InChI is InChI=1S/C13H19BrN2/c1-4-8-16(5-2)13-7-6-11(14)9-12(13)10(3)15/h4,6-7,9-10H,1,5,8,15H2,2-3H3. The molecule has 0 aliphatic heterocycles. The van der Waals surface area contributed by atoms with Gasteiger partial charge in [0.25, 0.3) is 0 Å². The Labute approximate surface area is 106 Å². The molecule has 0 heterocycles. The Balaban J connectivity index is 3.14. The minimum absolute atomic E-state index is 0.0337. The molecule has 1 aromatic carbocycles. The monoisotopic (exact) mass is 282 g/mol. The summed E-state index contributed by atoms with van der Waals surface area (Å²) in [4.78, 5) is 2.26. The van der Waals surface area contributed by atoms with Gasteiger partial charge in [-0.15, -0.1) is 6.58 Å². The molecule has 0 spiro atoms. The highest BCUT2D eigenvalue weighted by Gasteiger charge is 2.11. The molecule has 88 valence electrons. The molecule has 0 saturated carbocycles. The van der Waals surface area contributed by atoms with E-state index in [4.69, 9.17) is 5.73 Å². The van der Waals surface area contributed by atoms with E-state index >= 15 is 0 Å². The summed E-state index contributed by atoms with van der Waals surface area (Å²) < 4.78 is 1.07. The summed E-state index contributed by atoms with van der Waals surface area (Å²) >= 11 is 3.48. The van der Waals surface area contributed by atoms with Crippen LogP contribution in [-0.4, -0.2) is 13.1 Å². The van der Waals surface area contributed by atoms with E-state index in [0.717, 1.165) is 23.1 Å².